The Morgan fingerprint density at radius 1 is 1.53 bits per heavy atom. The maximum absolute atomic E-state index is 11.6. The van der Waals surface area contributed by atoms with E-state index in [1.54, 1.807) is 23.0 Å². The minimum atomic E-state index is -2.97. The van der Waals surface area contributed by atoms with Crippen molar-refractivity contribution in [3.8, 4) is 0 Å². The summed E-state index contributed by atoms with van der Waals surface area (Å²) in [6.07, 6.45) is 5.64. The Morgan fingerprint density at radius 2 is 2.32 bits per heavy atom. The standard InChI is InChI=1S/C11H15N5O2S/c1-11(2-5-19(17,18)7-11)15-9-10-13-3-4-16(10)6-8(12)14-9/h3-4,6H,2,5,7,12H2,1H3,(H,14,15). The van der Waals surface area contributed by atoms with Gasteiger partial charge in [-0.15, -0.1) is 0 Å². The Kier molecular flexibility index (Phi) is 2.46. The maximum Gasteiger partial charge on any atom is 0.180 e. The average molecular weight is 281 g/mol. The number of hydrogen-bond acceptors (Lipinski definition) is 6. The van der Waals surface area contributed by atoms with E-state index in [1.165, 1.54) is 0 Å². The molecule has 0 amide bonds. The lowest BCUT2D eigenvalue weighted by molar-refractivity contribution is 0.572. The van der Waals surface area contributed by atoms with Crippen LogP contribution in [0.2, 0.25) is 0 Å². The van der Waals surface area contributed by atoms with E-state index in [0.717, 1.165) is 0 Å². The molecule has 1 aliphatic heterocycles. The highest BCUT2D eigenvalue weighted by Gasteiger charge is 2.39. The van der Waals surface area contributed by atoms with Crippen molar-refractivity contribution in [2.24, 2.45) is 0 Å². The van der Waals surface area contributed by atoms with Crippen LogP contribution in [-0.4, -0.2) is 39.8 Å². The Balaban J connectivity index is 2.00. The molecule has 1 fully saturated rings. The van der Waals surface area contributed by atoms with Crippen LogP contribution in [-0.2, 0) is 9.84 Å². The first kappa shape index (κ1) is 12.2. The molecule has 1 aliphatic rings. The molecule has 3 N–H and O–H groups in total. The summed E-state index contributed by atoms with van der Waals surface area (Å²) in [6, 6.07) is 0. The largest absolute Gasteiger partial charge is 0.382 e. The minimum absolute atomic E-state index is 0.101. The third-order valence-corrected chi connectivity index (χ3v) is 5.22. The second kappa shape index (κ2) is 3.83. The monoisotopic (exact) mass is 281 g/mol. The Hall–Kier alpha value is -1.83. The van der Waals surface area contributed by atoms with Crippen LogP contribution in [0.5, 0.6) is 0 Å². The van der Waals surface area contributed by atoms with Gasteiger partial charge in [0.1, 0.15) is 5.82 Å². The molecule has 0 aliphatic carbocycles. The third-order valence-electron chi connectivity index (χ3n) is 3.32. The van der Waals surface area contributed by atoms with Gasteiger partial charge in [-0.2, -0.15) is 0 Å². The van der Waals surface area contributed by atoms with Gasteiger partial charge in [0.25, 0.3) is 0 Å². The molecule has 0 saturated carbocycles. The van der Waals surface area contributed by atoms with Gasteiger partial charge in [0.15, 0.2) is 21.3 Å². The van der Waals surface area contributed by atoms with Crippen molar-refractivity contribution in [1.82, 2.24) is 14.4 Å². The fraction of sp³-hybridized carbons (Fsp3) is 0.455. The number of imidazole rings is 1. The molecule has 2 aromatic rings. The zero-order valence-corrected chi connectivity index (χ0v) is 11.3. The van der Waals surface area contributed by atoms with E-state index < -0.39 is 15.4 Å². The van der Waals surface area contributed by atoms with E-state index in [-0.39, 0.29) is 11.5 Å². The summed E-state index contributed by atoms with van der Waals surface area (Å²) in [5, 5.41) is 3.19. The predicted octanol–water partition coefficient (Wildman–Crippen LogP) is 0.301. The number of hydrogen-bond donors (Lipinski definition) is 2. The van der Waals surface area contributed by atoms with Crippen molar-refractivity contribution in [3.63, 3.8) is 0 Å². The molecule has 1 saturated heterocycles. The van der Waals surface area contributed by atoms with Crippen molar-refractivity contribution in [2.45, 2.75) is 18.9 Å². The molecule has 19 heavy (non-hydrogen) atoms. The molecule has 3 rings (SSSR count). The highest BCUT2D eigenvalue weighted by atomic mass is 32.2. The van der Waals surface area contributed by atoms with E-state index >= 15 is 0 Å². The number of nitrogens with one attached hydrogen (secondary N) is 1. The summed E-state index contributed by atoms with van der Waals surface area (Å²) in [5.74, 6) is 1.18. The summed E-state index contributed by atoms with van der Waals surface area (Å²) in [7, 11) is -2.97. The predicted molar refractivity (Wildman–Crippen MR) is 72.7 cm³/mol. The zero-order chi connectivity index (χ0) is 13.7. The summed E-state index contributed by atoms with van der Waals surface area (Å²) in [6.45, 7) is 1.88. The number of aromatic nitrogens is 3. The first-order valence-corrected chi connectivity index (χ1v) is 7.77. The van der Waals surface area contributed by atoms with E-state index in [1.807, 2.05) is 6.92 Å². The summed E-state index contributed by atoms with van der Waals surface area (Å²) >= 11 is 0. The van der Waals surface area contributed by atoms with Crippen LogP contribution in [0.1, 0.15) is 13.3 Å². The SMILES string of the molecule is CC1(Nc2nc(N)cn3ccnc23)CCS(=O)(=O)C1. The first-order valence-electron chi connectivity index (χ1n) is 5.95. The lowest BCUT2D eigenvalue weighted by atomic mass is 10.0. The second-order valence-electron chi connectivity index (χ2n) is 5.20. The number of sulfone groups is 1. The van der Waals surface area contributed by atoms with Crippen LogP contribution in [0, 0.1) is 0 Å². The maximum atomic E-state index is 11.6. The molecule has 0 bridgehead atoms. The Labute approximate surface area is 110 Å². The van der Waals surface area contributed by atoms with Crippen LogP contribution < -0.4 is 11.1 Å². The molecule has 8 heteroatoms. The van der Waals surface area contributed by atoms with Crippen molar-refractivity contribution in [2.75, 3.05) is 22.6 Å². The van der Waals surface area contributed by atoms with Gasteiger partial charge in [-0.3, -0.25) is 0 Å². The number of fused-ring (bicyclic) bond motifs is 1. The zero-order valence-electron chi connectivity index (χ0n) is 10.5. The van der Waals surface area contributed by atoms with Crippen LogP contribution in [0.4, 0.5) is 11.6 Å². The molecule has 1 atom stereocenters. The summed E-state index contributed by atoms with van der Waals surface area (Å²) < 4.78 is 25.0. The molecule has 1 unspecified atom stereocenters. The molecule has 0 radical (unpaired) electrons. The number of anilines is 2. The summed E-state index contributed by atoms with van der Waals surface area (Å²) in [4.78, 5) is 8.42. The number of rotatable bonds is 2. The van der Waals surface area contributed by atoms with Crippen molar-refractivity contribution in [3.05, 3.63) is 18.6 Å². The van der Waals surface area contributed by atoms with E-state index in [0.29, 0.717) is 23.7 Å². The van der Waals surface area contributed by atoms with Gasteiger partial charge in [0.2, 0.25) is 0 Å². The van der Waals surface area contributed by atoms with Crippen LogP contribution in [0.3, 0.4) is 0 Å². The van der Waals surface area contributed by atoms with Crippen LogP contribution in [0.25, 0.3) is 5.65 Å². The van der Waals surface area contributed by atoms with E-state index in [2.05, 4.69) is 15.3 Å². The fourth-order valence-electron chi connectivity index (χ4n) is 2.43. The van der Waals surface area contributed by atoms with E-state index in [4.69, 9.17) is 5.73 Å². The number of nitrogens with zero attached hydrogens (tertiary/aromatic N) is 3. The Bertz CT molecular complexity index is 739. The summed E-state index contributed by atoms with van der Waals surface area (Å²) in [5.41, 5.74) is 5.85. The first-order chi connectivity index (χ1) is 8.87. The third kappa shape index (κ3) is 2.23. The molecule has 2 aromatic heterocycles. The topological polar surface area (TPSA) is 102 Å². The van der Waals surface area contributed by atoms with Crippen molar-refractivity contribution in [1.29, 1.82) is 0 Å². The molecular formula is C11H15N5O2S. The van der Waals surface area contributed by atoms with Gasteiger partial charge in [-0.1, -0.05) is 0 Å². The molecule has 102 valence electrons. The Morgan fingerprint density at radius 3 is 3.00 bits per heavy atom. The highest BCUT2D eigenvalue weighted by molar-refractivity contribution is 7.91. The quantitative estimate of drug-likeness (QED) is 0.821. The van der Waals surface area contributed by atoms with Crippen LogP contribution >= 0.6 is 0 Å². The molecule has 7 nitrogen and oxygen atoms in total. The lowest BCUT2D eigenvalue weighted by Gasteiger charge is -2.24. The van der Waals surface area contributed by atoms with Gasteiger partial charge in [0, 0.05) is 12.4 Å². The van der Waals surface area contributed by atoms with Gasteiger partial charge >= 0.3 is 0 Å². The number of nitrogens with two attached hydrogens (primary N) is 1. The van der Waals surface area contributed by atoms with Gasteiger partial charge in [-0.05, 0) is 13.3 Å². The van der Waals surface area contributed by atoms with Crippen molar-refractivity contribution >= 4 is 27.1 Å². The molecular weight excluding hydrogens is 266 g/mol. The smallest absolute Gasteiger partial charge is 0.180 e. The molecule has 3 heterocycles. The lowest BCUT2D eigenvalue weighted by Crippen LogP contribution is -2.36. The normalized spacial score (nSPS) is 25.7. The van der Waals surface area contributed by atoms with Gasteiger partial charge in [0.05, 0.1) is 23.2 Å². The fourth-order valence-corrected chi connectivity index (χ4v) is 4.52. The van der Waals surface area contributed by atoms with Gasteiger partial charge in [-0.25, -0.2) is 18.4 Å². The van der Waals surface area contributed by atoms with Gasteiger partial charge < -0.3 is 15.5 Å². The van der Waals surface area contributed by atoms with Crippen LogP contribution in [0.15, 0.2) is 18.6 Å². The number of nitrogen functional groups attached to an aromatic ring is 1. The molecule has 0 spiro atoms. The minimum Gasteiger partial charge on any atom is -0.382 e. The highest BCUT2D eigenvalue weighted by Crippen LogP contribution is 2.28. The molecule has 0 aromatic carbocycles. The van der Waals surface area contributed by atoms with Crippen molar-refractivity contribution < 1.29 is 8.42 Å². The second-order valence-corrected chi connectivity index (χ2v) is 7.38. The van der Waals surface area contributed by atoms with E-state index in [9.17, 15) is 8.42 Å². The average Bonchev–Trinajstić information content (AvgIpc) is 2.83.